The van der Waals surface area contributed by atoms with Crippen LogP contribution in [0.2, 0.25) is 0 Å². The number of nitrogens with zero attached hydrogens (tertiary/aromatic N) is 1. The van der Waals surface area contributed by atoms with Crippen LogP contribution >= 0.6 is 0 Å². The number of carbonyl (C=O) groups is 1. The van der Waals surface area contributed by atoms with Crippen molar-refractivity contribution in [3.05, 3.63) is 52.7 Å². The largest absolute Gasteiger partial charge is 0.383 e. The van der Waals surface area contributed by atoms with Gasteiger partial charge in [-0.3, -0.25) is 4.79 Å². The Morgan fingerprint density at radius 2 is 1.84 bits per heavy atom. The van der Waals surface area contributed by atoms with Gasteiger partial charge in [-0.25, -0.2) is 4.98 Å². The highest BCUT2D eigenvalue weighted by Crippen LogP contribution is 2.19. The van der Waals surface area contributed by atoms with Gasteiger partial charge in [-0.1, -0.05) is 18.2 Å². The van der Waals surface area contributed by atoms with Gasteiger partial charge in [-0.05, 0) is 44.0 Å². The number of nitrogen functional groups attached to an aromatic ring is 1. The van der Waals surface area contributed by atoms with E-state index in [0.29, 0.717) is 5.56 Å². The summed E-state index contributed by atoms with van der Waals surface area (Å²) in [5.74, 6) is 0.0420. The van der Waals surface area contributed by atoms with Crippen LogP contribution in [-0.4, -0.2) is 10.9 Å². The van der Waals surface area contributed by atoms with Crippen LogP contribution in [0.15, 0.2) is 30.3 Å². The monoisotopic (exact) mass is 255 g/mol. The standard InChI is InChI=1S/C15H17N3O/c1-9-6-4-5-7-12(9)18-15(19)13-10(2)8-11(3)17-14(13)16/h4-8H,1-3H3,(H2,16,17)(H,18,19). The molecule has 4 nitrogen and oxygen atoms in total. The number of hydrogen-bond donors (Lipinski definition) is 2. The van der Waals surface area contributed by atoms with E-state index >= 15 is 0 Å². The van der Waals surface area contributed by atoms with Crippen LogP contribution in [0, 0.1) is 20.8 Å². The van der Waals surface area contributed by atoms with Crippen molar-refractivity contribution in [1.29, 1.82) is 0 Å². The topological polar surface area (TPSA) is 68.0 Å². The zero-order valence-corrected chi connectivity index (χ0v) is 11.3. The van der Waals surface area contributed by atoms with E-state index in [1.165, 1.54) is 0 Å². The van der Waals surface area contributed by atoms with Gasteiger partial charge in [0.15, 0.2) is 0 Å². The van der Waals surface area contributed by atoms with E-state index in [9.17, 15) is 4.79 Å². The summed E-state index contributed by atoms with van der Waals surface area (Å²) in [7, 11) is 0. The predicted molar refractivity (Wildman–Crippen MR) is 77.3 cm³/mol. The molecule has 0 saturated heterocycles. The molecule has 2 aromatic rings. The molecular formula is C15H17N3O. The van der Waals surface area contributed by atoms with E-state index in [-0.39, 0.29) is 11.7 Å². The molecule has 1 amide bonds. The van der Waals surface area contributed by atoms with Gasteiger partial charge in [-0.2, -0.15) is 0 Å². The number of benzene rings is 1. The lowest BCUT2D eigenvalue weighted by atomic mass is 10.1. The van der Waals surface area contributed by atoms with Gasteiger partial charge >= 0.3 is 0 Å². The fourth-order valence-electron chi connectivity index (χ4n) is 2.06. The Bertz CT molecular complexity index is 612. The highest BCUT2D eigenvalue weighted by atomic mass is 16.1. The van der Waals surface area contributed by atoms with Gasteiger partial charge in [0.2, 0.25) is 0 Å². The maximum atomic E-state index is 12.3. The number of hydrogen-bond acceptors (Lipinski definition) is 3. The molecule has 0 spiro atoms. The molecule has 0 radical (unpaired) electrons. The van der Waals surface area contributed by atoms with E-state index < -0.39 is 0 Å². The minimum absolute atomic E-state index is 0.225. The fraction of sp³-hybridized carbons (Fsp3) is 0.200. The molecule has 19 heavy (non-hydrogen) atoms. The predicted octanol–water partition coefficient (Wildman–Crippen LogP) is 2.84. The zero-order chi connectivity index (χ0) is 14.0. The van der Waals surface area contributed by atoms with Crippen LogP contribution in [0.3, 0.4) is 0 Å². The summed E-state index contributed by atoms with van der Waals surface area (Å²) < 4.78 is 0. The van der Waals surface area contributed by atoms with E-state index in [2.05, 4.69) is 10.3 Å². The molecule has 1 heterocycles. The van der Waals surface area contributed by atoms with Gasteiger partial charge in [0.05, 0.1) is 5.56 Å². The Hall–Kier alpha value is -2.36. The second-order valence-electron chi connectivity index (χ2n) is 4.61. The lowest BCUT2D eigenvalue weighted by molar-refractivity contribution is 0.102. The van der Waals surface area contributed by atoms with Gasteiger partial charge < -0.3 is 11.1 Å². The van der Waals surface area contributed by atoms with Gasteiger partial charge in [0.1, 0.15) is 5.82 Å². The SMILES string of the molecule is Cc1cc(C)c(C(=O)Nc2ccccc2C)c(N)n1. The van der Waals surface area contributed by atoms with Gasteiger partial charge in [0, 0.05) is 11.4 Å². The average molecular weight is 255 g/mol. The van der Waals surface area contributed by atoms with Crippen LogP contribution in [0.4, 0.5) is 11.5 Å². The van der Waals surface area contributed by atoms with Gasteiger partial charge in [-0.15, -0.1) is 0 Å². The smallest absolute Gasteiger partial charge is 0.259 e. The molecule has 0 aliphatic carbocycles. The lowest BCUT2D eigenvalue weighted by Crippen LogP contribution is -2.17. The molecule has 0 unspecified atom stereocenters. The first kappa shape index (κ1) is 13.1. The van der Waals surface area contributed by atoms with Crippen LogP contribution in [0.1, 0.15) is 27.2 Å². The minimum atomic E-state index is -0.225. The van der Waals surface area contributed by atoms with Crippen molar-refractivity contribution in [2.45, 2.75) is 20.8 Å². The number of nitrogens with two attached hydrogens (primary N) is 1. The molecule has 4 heteroatoms. The van der Waals surface area contributed by atoms with Crippen LogP contribution < -0.4 is 11.1 Å². The Balaban J connectivity index is 2.34. The third-order valence-electron chi connectivity index (χ3n) is 2.99. The van der Waals surface area contributed by atoms with E-state index in [1.54, 1.807) is 0 Å². The normalized spacial score (nSPS) is 10.3. The van der Waals surface area contributed by atoms with E-state index in [4.69, 9.17) is 5.73 Å². The van der Waals surface area contributed by atoms with Crippen molar-refractivity contribution in [2.24, 2.45) is 0 Å². The molecule has 2 rings (SSSR count). The van der Waals surface area contributed by atoms with Crippen molar-refractivity contribution in [3.63, 3.8) is 0 Å². The second-order valence-corrected chi connectivity index (χ2v) is 4.61. The number of aryl methyl sites for hydroxylation is 3. The first-order chi connectivity index (χ1) is 8.99. The highest BCUT2D eigenvalue weighted by molar-refractivity contribution is 6.08. The van der Waals surface area contributed by atoms with Crippen LogP contribution in [0.25, 0.3) is 0 Å². The van der Waals surface area contributed by atoms with Crippen LogP contribution in [-0.2, 0) is 0 Å². The molecule has 0 bridgehead atoms. The zero-order valence-electron chi connectivity index (χ0n) is 11.3. The van der Waals surface area contributed by atoms with Crippen molar-refractivity contribution in [1.82, 2.24) is 4.98 Å². The van der Waals surface area contributed by atoms with Crippen molar-refractivity contribution < 1.29 is 4.79 Å². The maximum Gasteiger partial charge on any atom is 0.259 e. The van der Waals surface area contributed by atoms with Crippen LogP contribution in [0.5, 0.6) is 0 Å². The second kappa shape index (κ2) is 5.10. The maximum absolute atomic E-state index is 12.3. The summed E-state index contributed by atoms with van der Waals surface area (Å²) in [5, 5.41) is 2.87. The minimum Gasteiger partial charge on any atom is -0.383 e. The summed E-state index contributed by atoms with van der Waals surface area (Å²) in [6.45, 7) is 5.66. The summed E-state index contributed by atoms with van der Waals surface area (Å²) in [4.78, 5) is 16.4. The highest BCUT2D eigenvalue weighted by Gasteiger charge is 2.15. The molecule has 0 fully saturated rings. The van der Waals surface area contributed by atoms with Gasteiger partial charge in [0.25, 0.3) is 5.91 Å². The van der Waals surface area contributed by atoms with E-state index in [0.717, 1.165) is 22.5 Å². The number of anilines is 2. The number of nitrogens with one attached hydrogen (secondary N) is 1. The first-order valence-electron chi connectivity index (χ1n) is 6.09. The molecule has 0 aliphatic rings. The quantitative estimate of drug-likeness (QED) is 0.867. The molecule has 0 aliphatic heterocycles. The third-order valence-corrected chi connectivity index (χ3v) is 2.99. The summed E-state index contributed by atoms with van der Waals surface area (Å²) in [5.41, 5.74) is 9.71. The molecular weight excluding hydrogens is 238 g/mol. The number of aromatic nitrogens is 1. The van der Waals surface area contributed by atoms with Crippen molar-refractivity contribution >= 4 is 17.4 Å². The summed E-state index contributed by atoms with van der Waals surface area (Å²) in [6, 6.07) is 9.47. The number of amides is 1. The molecule has 1 aromatic heterocycles. The molecule has 1 aromatic carbocycles. The lowest BCUT2D eigenvalue weighted by Gasteiger charge is -2.12. The Kier molecular flexibility index (Phi) is 3.51. The molecule has 0 atom stereocenters. The molecule has 98 valence electrons. The van der Waals surface area contributed by atoms with E-state index in [1.807, 2.05) is 51.1 Å². The number of rotatable bonds is 2. The third kappa shape index (κ3) is 2.73. The Morgan fingerprint density at radius 3 is 2.47 bits per heavy atom. The first-order valence-corrected chi connectivity index (χ1v) is 6.09. The Labute approximate surface area is 112 Å². The Morgan fingerprint density at radius 1 is 1.16 bits per heavy atom. The average Bonchev–Trinajstić information content (AvgIpc) is 2.30. The van der Waals surface area contributed by atoms with Crippen molar-refractivity contribution in [2.75, 3.05) is 11.1 Å². The number of carbonyl (C=O) groups excluding carboxylic acids is 1. The number of pyridine rings is 1. The summed E-state index contributed by atoms with van der Waals surface area (Å²) >= 11 is 0. The molecule has 0 saturated carbocycles. The fourth-order valence-corrected chi connectivity index (χ4v) is 2.06. The molecule has 3 N–H and O–H groups in total. The number of para-hydroxylation sites is 1. The van der Waals surface area contributed by atoms with Crippen molar-refractivity contribution in [3.8, 4) is 0 Å². The summed E-state index contributed by atoms with van der Waals surface area (Å²) in [6.07, 6.45) is 0.